The summed E-state index contributed by atoms with van der Waals surface area (Å²) < 4.78 is 0.292. The maximum atomic E-state index is 12.2. The molecule has 22 heavy (non-hydrogen) atoms. The molecule has 5 nitrogen and oxygen atoms in total. The Morgan fingerprint density at radius 1 is 1.14 bits per heavy atom. The normalized spacial score (nSPS) is 15.0. The van der Waals surface area contributed by atoms with Crippen molar-refractivity contribution in [2.45, 2.75) is 57.5 Å². The van der Waals surface area contributed by atoms with Gasteiger partial charge in [0.2, 0.25) is 0 Å². The maximum absolute atomic E-state index is 12.2. The van der Waals surface area contributed by atoms with E-state index in [0.29, 0.717) is 4.48 Å². The zero-order valence-corrected chi connectivity index (χ0v) is 14.4. The number of hydrogen-bond donors (Lipinski definition) is 1. The number of allylic oxidation sites excluding steroid dienone is 1. The molecule has 5 heteroatoms. The third-order valence-electron chi connectivity index (χ3n) is 3.37. The molecule has 0 aromatic carbocycles. The van der Waals surface area contributed by atoms with E-state index in [1.165, 1.54) is 25.3 Å². The molecule has 0 aliphatic carbocycles. The van der Waals surface area contributed by atoms with Gasteiger partial charge in [0.1, 0.15) is 6.54 Å². The van der Waals surface area contributed by atoms with E-state index in [0.717, 1.165) is 19.3 Å². The van der Waals surface area contributed by atoms with Gasteiger partial charge in [0, 0.05) is 12.4 Å². The highest BCUT2D eigenvalue weighted by atomic mass is 16.4. The Hall–Kier alpha value is -1.20. The Balaban J connectivity index is 4.54. The molecule has 1 unspecified atom stereocenters. The number of rotatable bonds is 12. The number of likely N-dealkylation sites (N-methyl/N-ethyl adjacent to an activating group) is 1. The number of carboxylic acids is 1. The average Bonchev–Trinajstić information content (AvgIpc) is 2.34. The molecule has 0 aromatic heterocycles. The van der Waals surface area contributed by atoms with Gasteiger partial charge in [-0.3, -0.25) is 4.79 Å². The number of carbonyl (C=O) groups excluding carboxylic acids is 2. The summed E-state index contributed by atoms with van der Waals surface area (Å²) in [5.41, 5.74) is -1.91. The first-order valence-corrected chi connectivity index (χ1v) is 8.04. The molecule has 0 saturated carbocycles. The molecular formula is C17H31NO4. The molecule has 0 aromatic rings. The van der Waals surface area contributed by atoms with Crippen molar-refractivity contribution in [1.82, 2.24) is 0 Å². The number of quaternary nitrogens is 1. The summed E-state index contributed by atoms with van der Waals surface area (Å²) in [5, 5.41) is 21.2. The Kier molecular flexibility index (Phi) is 9.21. The number of aliphatic carboxylic acids is 1. The number of aliphatic hydroxyl groups is 1. The molecule has 0 spiro atoms. The first kappa shape index (κ1) is 20.8. The minimum atomic E-state index is -1.91. The highest BCUT2D eigenvalue weighted by Gasteiger charge is 2.39. The van der Waals surface area contributed by atoms with Crippen LogP contribution in [-0.4, -0.2) is 54.6 Å². The maximum Gasteiger partial charge on any atom is 0.193 e. The van der Waals surface area contributed by atoms with Crippen LogP contribution in [0.15, 0.2) is 12.2 Å². The molecule has 0 fully saturated rings. The van der Waals surface area contributed by atoms with Crippen molar-refractivity contribution in [3.63, 3.8) is 0 Å². The van der Waals surface area contributed by atoms with E-state index in [4.69, 9.17) is 0 Å². The predicted molar refractivity (Wildman–Crippen MR) is 85.0 cm³/mol. The van der Waals surface area contributed by atoms with Gasteiger partial charge in [0.05, 0.1) is 21.1 Å². The number of carbonyl (C=O) groups is 2. The highest BCUT2D eigenvalue weighted by Crippen LogP contribution is 2.17. The van der Waals surface area contributed by atoms with Gasteiger partial charge in [0.15, 0.2) is 11.4 Å². The average molecular weight is 313 g/mol. The first-order valence-electron chi connectivity index (χ1n) is 8.04. The summed E-state index contributed by atoms with van der Waals surface area (Å²) in [6.07, 6.45) is 8.85. The monoisotopic (exact) mass is 313 g/mol. The molecule has 1 atom stereocenters. The fraction of sp³-hybridized carbons (Fsp3) is 0.765. The predicted octanol–water partition coefficient (Wildman–Crippen LogP) is 1.05. The van der Waals surface area contributed by atoms with Crippen LogP contribution >= 0.6 is 0 Å². The minimum Gasteiger partial charge on any atom is -0.550 e. The second-order valence-electron chi connectivity index (χ2n) is 7.00. The van der Waals surface area contributed by atoms with Crippen molar-refractivity contribution < 1.29 is 24.3 Å². The lowest BCUT2D eigenvalue weighted by Crippen LogP contribution is -2.55. The van der Waals surface area contributed by atoms with Crippen LogP contribution in [0.4, 0.5) is 0 Å². The summed E-state index contributed by atoms with van der Waals surface area (Å²) in [6, 6.07) is 0. The standard InChI is InChI=1S/C17H31NO4/c1-5-6-7-8-9-10-11-12-15(19)17(22,13-16(20)21)14-18(2,3)4/h11-12,22H,5-10,13-14H2,1-4H3. The van der Waals surface area contributed by atoms with Crippen molar-refractivity contribution in [3.05, 3.63) is 12.2 Å². The van der Waals surface area contributed by atoms with Crippen LogP contribution in [0.25, 0.3) is 0 Å². The van der Waals surface area contributed by atoms with Gasteiger partial charge in [-0.1, -0.05) is 38.7 Å². The Morgan fingerprint density at radius 3 is 2.23 bits per heavy atom. The number of ketones is 1. The zero-order chi connectivity index (χ0) is 17.2. The number of hydrogen-bond acceptors (Lipinski definition) is 4. The van der Waals surface area contributed by atoms with E-state index in [-0.39, 0.29) is 6.54 Å². The second kappa shape index (κ2) is 9.74. The quantitative estimate of drug-likeness (QED) is 0.332. The molecule has 0 saturated heterocycles. The van der Waals surface area contributed by atoms with E-state index in [1.807, 2.05) is 0 Å². The van der Waals surface area contributed by atoms with Crippen molar-refractivity contribution in [1.29, 1.82) is 0 Å². The topological polar surface area (TPSA) is 77.4 Å². The molecule has 0 radical (unpaired) electrons. The first-order chi connectivity index (χ1) is 10.1. The third-order valence-corrected chi connectivity index (χ3v) is 3.37. The molecule has 0 amide bonds. The molecule has 0 heterocycles. The van der Waals surface area contributed by atoms with Crippen LogP contribution in [0.2, 0.25) is 0 Å². The van der Waals surface area contributed by atoms with Crippen LogP contribution in [0, 0.1) is 0 Å². The number of carboxylic acid groups (broad SMARTS) is 1. The molecule has 0 aliphatic rings. The van der Waals surface area contributed by atoms with E-state index in [1.54, 1.807) is 27.2 Å². The minimum absolute atomic E-state index is 0.0284. The lowest BCUT2D eigenvalue weighted by atomic mass is 9.92. The largest absolute Gasteiger partial charge is 0.550 e. The van der Waals surface area contributed by atoms with E-state index in [9.17, 15) is 19.8 Å². The summed E-state index contributed by atoms with van der Waals surface area (Å²) in [5.74, 6) is -1.98. The lowest BCUT2D eigenvalue weighted by molar-refractivity contribution is -0.875. The van der Waals surface area contributed by atoms with Crippen LogP contribution in [0.3, 0.4) is 0 Å². The fourth-order valence-electron chi connectivity index (χ4n) is 2.46. The van der Waals surface area contributed by atoms with E-state index >= 15 is 0 Å². The molecule has 1 N–H and O–H groups in total. The fourth-order valence-corrected chi connectivity index (χ4v) is 2.46. The summed E-state index contributed by atoms with van der Waals surface area (Å²) in [6.45, 7) is 2.19. The summed E-state index contributed by atoms with van der Waals surface area (Å²) >= 11 is 0. The lowest BCUT2D eigenvalue weighted by Gasteiger charge is -2.34. The zero-order valence-electron chi connectivity index (χ0n) is 14.4. The van der Waals surface area contributed by atoms with Gasteiger partial charge in [-0.15, -0.1) is 0 Å². The molecule has 0 bridgehead atoms. The van der Waals surface area contributed by atoms with Crippen molar-refractivity contribution in [2.75, 3.05) is 27.7 Å². The SMILES string of the molecule is CCCCCCCC=CC(=O)C(O)(CC(=O)[O-])C[N+](C)(C)C. The highest BCUT2D eigenvalue weighted by molar-refractivity contribution is 5.99. The molecule has 0 rings (SSSR count). The molecule has 128 valence electrons. The Labute approximate surface area is 134 Å². The van der Waals surface area contributed by atoms with Gasteiger partial charge in [-0.2, -0.15) is 0 Å². The summed E-state index contributed by atoms with van der Waals surface area (Å²) in [7, 11) is 5.39. The van der Waals surface area contributed by atoms with Gasteiger partial charge >= 0.3 is 0 Å². The molecular weight excluding hydrogens is 282 g/mol. The smallest absolute Gasteiger partial charge is 0.193 e. The van der Waals surface area contributed by atoms with Crippen LogP contribution in [-0.2, 0) is 9.59 Å². The Morgan fingerprint density at radius 2 is 1.73 bits per heavy atom. The molecule has 0 aliphatic heterocycles. The van der Waals surface area contributed by atoms with Crippen LogP contribution in [0.5, 0.6) is 0 Å². The van der Waals surface area contributed by atoms with E-state index in [2.05, 4.69) is 6.92 Å². The van der Waals surface area contributed by atoms with Gasteiger partial charge in [-0.25, -0.2) is 0 Å². The van der Waals surface area contributed by atoms with Crippen molar-refractivity contribution in [2.24, 2.45) is 0 Å². The van der Waals surface area contributed by atoms with Gasteiger partial charge in [-0.05, 0) is 18.9 Å². The van der Waals surface area contributed by atoms with Crippen LogP contribution < -0.4 is 5.11 Å². The van der Waals surface area contributed by atoms with E-state index < -0.39 is 23.8 Å². The number of nitrogens with zero attached hydrogens (tertiary/aromatic N) is 1. The summed E-state index contributed by atoms with van der Waals surface area (Å²) in [4.78, 5) is 23.0. The number of unbranched alkanes of at least 4 members (excludes halogenated alkanes) is 5. The van der Waals surface area contributed by atoms with Gasteiger partial charge in [0.25, 0.3) is 0 Å². The van der Waals surface area contributed by atoms with Gasteiger partial charge < -0.3 is 19.5 Å². The second-order valence-corrected chi connectivity index (χ2v) is 7.00. The van der Waals surface area contributed by atoms with Crippen molar-refractivity contribution >= 4 is 11.8 Å². The van der Waals surface area contributed by atoms with Crippen LogP contribution in [0.1, 0.15) is 51.9 Å². The third kappa shape index (κ3) is 9.68. The Bertz CT molecular complexity index is 385. The van der Waals surface area contributed by atoms with Crippen molar-refractivity contribution in [3.8, 4) is 0 Å².